The first-order valence-electron chi connectivity index (χ1n) is 9.22. The summed E-state index contributed by atoms with van der Waals surface area (Å²) >= 11 is 0. The number of nitrogens with one attached hydrogen (secondary N) is 2. The lowest BCUT2D eigenvalue weighted by Crippen LogP contribution is -2.02. The van der Waals surface area contributed by atoms with E-state index in [2.05, 4.69) is 10.3 Å². The Bertz CT molecular complexity index is 1270. The predicted octanol–water partition coefficient (Wildman–Crippen LogP) is 5.77. The van der Waals surface area contributed by atoms with Crippen LogP contribution in [0, 0.1) is 21.7 Å². The van der Waals surface area contributed by atoms with Crippen LogP contribution < -0.4 is 10.1 Å². The number of aromatic nitrogens is 1. The zero-order chi connectivity index (χ0) is 22.1. The number of aromatic hydroxyl groups is 1. The number of hydrogen-bond donors (Lipinski definition) is 3. The molecule has 4 rings (SSSR count). The number of anilines is 1. The van der Waals surface area contributed by atoms with Crippen LogP contribution in [0.3, 0.4) is 0 Å². The number of phenols is 1. The van der Waals surface area contributed by atoms with Gasteiger partial charge >= 0.3 is 5.69 Å². The van der Waals surface area contributed by atoms with Gasteiger partial charge < -0.3 is 20.1 Å². The maximum absolute atomic E-state index is 13.5. The fourth-order valence-electron chi connectivity index (χ4n) is 3.32. The second kappa shape index (κ2) is 9.11. The number of nitro benzene ring substituents is 1. The van der Waals surface area contributed by atoms with Crippen molar-refractivity contribution < 1.29 is 23.5 Å². The molecule has 0 fully saturated rings. The van der Waals surface area contributed by atoms with Gasteiger partial charge in [0.25, 0.3) is 0 Å². The second-order valence-corrected chi connectivity index (χ2v) is 6.89. The van der Waals surface area contributed by atoms with Gasteiger partial charge in [-0.2, -0.15) is 0 Å². The Labute approximate surface area is 187 Å². The molecule has 0 amide bonds. The summed E-state index contributed by atoms with van der Waals surface area (Å²) in [6, 6.07) is 13.4. The number of H-pyrrole nitrogens is 1. The molecule has 0 saturated carbocycles. The molecular weight excluding hydrogens is 444 g/mol. The molecule has 166 valence electrons. The van der Waals surface area contributed by atoms with E-state index in [9.17, 15) is 24.0 Å². The highest BCUT2D eigenvalue weighted by molar-refractivity contribution is 5.87. The van der Waals surface area contributed by atoms with Crippen molar-refractivity contribution in [3.05, 3.63) is 81.9 Å². The summed E-state index contributed by atoms with van der Waals surface area (Å²) in [5.74, 6) is -1.70. The van der Waals surface area contributed by atoms with E-state index in [1.165, 1.54) is 19.2 Å². The normalized spacial score (nSPS) is 10.6. The van der Waals surface area contributed by atoms with Gasteiger partial charge in [0, 0.05) is 40.8 Å². The fraction of sp³-hybridized carbons (Fsp3) is 0.0909. The lowest BCUT2D eigenvalue weighted by Gasteiger charge is -2.13. The molecule has 0 aliphatic carbocycles. The number of hydrogen-bond acceptors (Lipinski definition) is 5. The van der Waals surface area contributed by atoms with Gasteiger partial charge in [0.15, 0.2) is 17.4 Å². The maximum Gasteiger partial charge on any atom is 0.311 e. The van der Waals surface area contributed by atoms with Crippen molar-refractivity contribution in [1.29, 1.82) is 0 Å². The van der Waals surface area contributed by atoms with Crippen LogP contribution in [0.4, 0.5) is 20.2 Å². The van der Waals surface area contributed by atoms with Gasteiger partial charge in [0.1, 0.15) is 5.75 Å². The quantitative estimate of drug-likeness (QED) is 0.250. The summed E-state index contributed by atoms with van der Waals surface area (Å²) in [7, 11) is 1.51. The first-order valence-corrected chi connectivity index (χ1v) is 9.22. The molecule has 3 N–H and O–H groups in total. The van der Waals surface area contributed by atoms with Crippen LogP contribution in [-0.2, 0) is 6.54 Å². The lowest BCUT2D eigenvalue weighted by molar-refractivity contribution is -0.385. The minimum Gasteiger partial charge on any atom is -0.502 e. The molecule has 0 spiro atoms. The van der Waals surface area contributed by atoms with E-state index in [4.69, 9.17) is 4.74 Å². The van der Waals surface area contributed by atoms with Crippen LogP contribution >= 0.6 is 12.4 Å². The number of ether oxygens (including phenoxy) is 1. The first-order chi connectivity index (χ1) is 14.9. The number of rotatable bonds is 6. The van der Waals surface area contributed by atoms with E-state index in [-0.39, 0.29) is 24.6 Å². The smallest absolute Gasteiger partial charge is 0.311 e. The van der Waals surface area contributed by atoms with E-state index >= 15 is 0 Å². The molecule has 4 aromatic rings. The first kappa shape index (κ1) is 22.8. The summed E-state index contributed by atoms with van der Waals surface area (Å²) in [4.78, 5) is 13.4. The molecule has 0 aliphatic rings. The fourth-order valence-corrected chi connectivity index (χ4v) is 3.32. The van der Waals surface area contributed by atoms with Gasteiger partial charge in [-0.25, -0.2) is 8.78 Å². The Morgan fingerprint density at radius 3 is 2.56 bits per heavy atom. The van der Waals surface area contributed by atoms with Crippen LogP contribution in [0.1, 0.15) is 5.56 Å². The minimum atomic E-state index is -0.930. The Kier molecular flexibility index (Phi) is 6.50. The van der Waals surface area contributed by atoms with Gasteiger partial charge in [-0.3, -0.25) is 10.1 Å². The highest BCUT2D eigenvalue weighted by Gasteiger charge is 2.14. The average Bonchev–Trinajstić information content (AvgIpc) is 3.15. The maximum atomic E-state index is 13.5. The highest BCUT2D eigenvalue weighted by Crippen LogP contribution is 2.33. The molecule has 0 radical (unpaired) electrons. The van der Waals surface area contributed by atoms with Crippen molar-refractivity contribution in [2.75, 3.05) is 12.4 Å². The summed E-state index contributed by atoms with van der Waals surface area (Å²) < 4.78 is 32.4. The molecule has 0 atom stereocenters. The van der Waals surface area contributed by atoms with Crippen LogP contribution in [0.2, 0.25) is 0 Å². The Morgan fingerprint density at radius 1 is 1.09 bits per heavy atom. The molecule has 3 aromatic carbocycles. The van der Waals surface area contributed by atoms with Crippen molar-refractivity contribution >= 4 is 34.7 Å². The molecule has 0 saturated heterocycles. The molecule has 32 heavy (non-hydrogen) atoms. The van der Waals surface area contributed by atoms with Gasteiger partial charge in [-0.15, -0.1) is 12.4 Å². The molecule has 0 bridgehead atoms. The van der Waals surface area contributed by atoms with E-state index in [1.54, 1.807) is 30.3 Å². The van der Waals surface area contributed by atoms with Gasteiger partial charge in [0.05, 0.1) is 17.7 Å². The number of methoxy groups -OCH3 is 1. The van der Waals surface area contributed by atoms with Crippen molar-refractivity contribution in [2.24, 2.45) is 0 Å². The lowest BCUT2D eigenvalue weighted by atomic mass is 10.1. The monoisotopic (exact) mass is 461 g/mol. The zero-order valence-electron chi connectivity index (χ0n) is 16.7. The van der Waals surface area contributed by atoms with E-state index in [0.717, 1.165) is 17.7 Å². The van der Waals surface area contributed by atoms with E-state index in [0.29, 0.717) is 33.6 Å². The summed E-state index contributed by atoms with van der Waals surface area (Å²) in [6.45, 7) is 0.240. The Balaban J connectivity index is 0.00000289. The van der Waals surface area contributed by atoms with Crippen molar-refractivity contribution in [3.63, 3.8) is 0 Å². The van der Waals surface area contributed by atoms with Crippen molar-refractivity contribution in [1.82, 2.24) is 4.98 Å². The molecule has 10 heteroatoms. The van der Waals surface area contributed by atoms with Crippen LogP contribution in [-0.4, -0.2) is 22.1 Å². The van der Waals surface area contributed by atoms with Gasteiger partial charge in [0.2, 0.25) is 0 Å². The third-order valence-corrected chi connectivity index (χ3v) is 4.89. The largest absolute Gasteiger partial charge is 0.502 e. The number of nitrogens with zero attached hydrogens (tertiary/aromatic N) is 1. The predicted molar refractivity (Wildman–Crippen MR) is 120 cm³/mol. The van der Waals surface area contributed by atoms with Crippen LogP contribution in [0.5, 0.6) is 11.5 Å². The third-order valence-electron chi connectivity index (χ3n) is 4.89. The molecule has 1 aromatic heterocycles. The topological polar surface area (TPSA) is 100 Å². The number of fused-ring (bicyclic) bond motifs is 1. The molecule has 1 heterocycles. The Morgan fingerprint density at radius 2 is 1.84 bits per heavy atom. The number of halogens is 3. The molecule has 0 unspecified atom stereocenters. The van der Waals surface area contributed by atoms with Gasteiger partial charge in [-0.1, -0.05) is 6.07 Å². The van der Waals surface area contributed by atoms with Crippen molar-refractivity contribution in [2.45, 2.75) is 6.54 Å². The van der Waals surface area contributed by atoms with Crippen LogP contribution in [0.15, 0.2) is 54.6 Å². The standard InChI is InChI=1S/C22H17F2N3O4.ClH/c1-31-22-5-3-13(17-9-14-7-15(23)16(24)10-18(14)26-17)8-19(22)25-11-12-2-4-21(28)20(6-12)27(29)30;/h2-10,25-26,28H,11H2,1H3;1H. The van der Waals surface area contributed by atoms with E-state index < -0.39 is 22.3 Å². The number of phenolic OH excluding ortho intramolecular Hbond substituents is 1. The zero-order valence-corrected chi connectivity index (χ0v) is 17.5. The van der Waals surface area contributed by atoms with Crippen molar-refractivity contribution in [3.8, 4) is 22.8 Å². The summed E-state index contributed by atoms with van der Waals surface area (Å²) in [5.41, 5.74) is 2.71. The summed E-state index contributed by atoms with van der Waals surface area (Å²) in [6.07, 6.45) is 0. The molecule has 0 aliphatic heterocycles. The summed E-state index contributed by atoms with van der Waals surface area (Å²) in [5, 5.41) is 24.3. The average molecular weight is 462 g/mol. The minimum absolute atomic E-state index is 0. The number of nitro groups is 1. The number of aromatic amines is 1. The SMILES string of the molecule is COc1ccc(-c2cc3cc(F)c(F)cc3[nH]2)cc1NCc1ccc(O)c([N+](=O)[O-])c1.Cl. The Hall–Kier alpha value is -3.85. The molecular formula is C22H18ClF2N3O4. The second-order valence-electron chi connectivity index (χ2n) is 6.89. The number of benzene rings is 3. The van der Waals surface area contributed by atoms with Crippen LogP contribution in [0.25, 0.3) is 22.2 Å². The molecule has 7 nitrogen and oxygen atoms in total. The highest BCUT2D eigenvalue weighted by atomic mass is 35.5. The van der Waals surface area contributed by atoms with E-state index in [1.807, 2.05) is 0 Å². The third kappa shape index (κ3) is 4.42. The van der Waals surface area contributed by atoms with Gasteiger partial charge in [-0.05, 0) is 42.0 Å².